The van der Waals surface area contributed by atoms with Crippen molar-refractivity contribution < 1.29 is 31.1 Å². The molecule has 0 amide bonds. The van der Waals surface area contributed by atoms with Crippen molar-refractivity contribution in [3.8, 4) is 5.75 Å². The molecule has 0 spiro atoms. The van der Waals surface area contributed by atoms with Crippen LogP contribution in [-0.2, 0) is 12.4 Å². The first kappa shape index (κ1) is 20.3. The molecule has 0 unspecified atom stereocenters. The largest absolute Gasteiger partial charge is 0.496 e. The van der Waals surface area contributed by atoms with Crippen molar-refractivity contribution in [1.29, 1.82) is 0 Å². The number of ether oxygens (including phenoxy) is 1. The minimum absolute atomic E-state index is 0.0187. The summed E-state index contributed by atoms with van der Waals surface area (Å²) in [5.74, 6) is -0.359. The van der Waals surface area contributed by atoms with Gasteiger partial charge in [-0.1, -0.05) is 6.42 Å². The van der Waals surface area contributed by atoms with Crippen molar-refractivity contribution >= 4 is 0 Å². The predicted octanol–water partition coefficient (Wildman–Crippen LogP) is 4.48. The monoisotopic (exact) mass is 396 g/mol. The Morgan fingerprint density at radius 2 is 1.67 bits per heavy atom. The zero-order valence-corrected chi connectivity index (χ0v) is 14.9. The molecule has 152 valence electrons. The normalized spacial score (nSPS) is 21.0. The Kier molecular flexibility index (Phi) is 5.63. The van der Waals surface area contributed by atoms with Gasteiger partial charge in [0.15, 0.2) is 0 Å². The molecule has 0 aromatic heterocycles. The first-order chi connectivity index (χ1) is 12.6. The van der Waals surface area contributed by atoms with Crippen molar-refractivity contribution in [3.05, 3.63) is 28.8 Å². The van der Waals surface area contributed by atoms with Crippen LogP contribution in [0.4, 0.5) is 26.3 Å². The van der Waals surface area contributed by atoms with Crippen LogP contribution >= 0.6 is 0 Å². The lowest BCUT2D eigenvalue weighted by Gasteiger charge is -2.44. The maximum atomic E-state index is 13.8. The minimum atomic E-state index is -4.90. The summed E-state index contributed by atoms with van der Waals surface area (Å²) in [4.78, 5) is 1.95. The standard InChI is InChI=1S/C18H22F6N2O/c1-27-14-10-12(17(19,20)21)9-13(18(22,23)24)15(14)16(11-3-2-4-11)26-7-5-25-6-8-26/h9-11,16,25H,2-8H2,1H3/t16-/m1/s1. The highest BCUT2D eigenvalue weighted by Crippen LogP contribution is 2.50. The van der Waals surface area contributed by atoms with E-state index in [9.17, 15) is 26.3 Å². The highest BCUT2D eigenvalue weighted by molar-refractivity contribution is 5.48. The van der Waals surface area contributed by atoms with Gasteiger partial charge < -0.3 is 10.1 Å². The van der Waals surface area contributed by atoms with Gasteiger partial charge in [0.25, 0.3) is 0 Å². The van der Waals surface area contributed by atoms with Crippen LogP contribution in [0.25, 0.3) is 0 Å². The average Bonchev–Trinajstić information content (AvgIpc) is 2.56. The molecular formula is C18H22F6N2O. The lowest BCUT2D eigenvalue weighted by atomic mass is 9.74. The van der Waals surface area contributed by atoms with Gasteiger partial charge in [0.2, 0.25) is 0 Å². The lowest BCUT2D eigenvalue weighted by molar-refractivity contribution is -0.144. The molecule has 1 aromatic rings. The van der Waals surface area contributed by atoms with E-state index >= 15 is 0 Å². The number of hydrogen-bond acceptors (Lipinski definition) is 3. The van der Waals surface area contributed by atoms with Gasteiger partial charge >= 0.3 is 12.4 Å². The molecule has 1 aliphatic heterocycles. The number of methoxy groups -OCH3 is 1. The number of nitrogens with one attached hydrogen (secondary N) is 1. The number of halogens is 6. The Bertz CT molecular complexity index is 663. The Morgan fingerprint density at radius 1 is 1.04 bits per heavy atom. The molecule has 27 heavy (non-hydrogen) atoms. The van der Waals surface area contributed by atoms with E-state index in [1.54, 1.807) is 0 Å². The average molecular weight is 396 g/mol. The molecule has 1 N–H and O–H groups in total. The molecule has 1 aliphatic carbocycles. The topological polar surface area (TPSA) is 24.5 Å². The first-order valence-corrected chi connectivity index (χ1v) is 8.94. The third-order valence-electron chi connectivity index (χ3n) is 5.43. The minimum Gasteiger partial charge on any atom is -0.496 e. The molecule has 3 nitrogen and oxygen atoms in total. The Labute approximate surface area is 153 Å². The van der Waals surface area contributed by atoms with Crippen molar-refractivity contribution in [2.75, 3.05) is 33.3 Å². The zero-order chi connectivity index (χ0) is 19.8. The summed E-state index contributed by atoms with van der Waals surface area (Å²) >= 11 is 0. The second kappa shape index (κ2) is 7.50. The van der Waals surface area contributed by atoms with E-state index in [0.717, 1.165) is 26.4 Å². The number of alkyl halides is 6. The van der Waals surface area contributed by atoms with Crippen LogP contribution in [0.1, 0.15) is 42.0 Å². The van der Waals surface area contributed by atoms with E-state index < -0.39 is 29.5 Å². The van der Waals surface area contributed by atoms with Crippen LogP contribution in [0, 0.1) is 5.92 Å². The van der Waals surface area contributed by atoms with E-state index in [1.165, 1.54) is 0 Å². The van der Waals surface area contributed by atoms with Crippen molar-refractivity contribution in [2.45, 2.75) is 37.7 Å². The van der Waals surface area contributed by atoms with Gasteiger partial charge in [-0.3, -0.25) is 4.90 Å². The van der Waals surface area contributed by atoms with Gasteiger partial charge in [-0.2, -0.15) is 26.3 Å². The number of nitrogens with zero attached hydrogens (tertiary/aromatic N) is 1. The summed E-state index contributed by atoms with van der Waals surface area (Å²) in [6.45, 7) is 2.35. The second-order valence-corrected chi connectivity index (χ2v) is 7.06. The maximum absolute atomic E-state index is 13.8. The molecule has 0 bridgehead atoms. The third-order valence-corrected chi connectivity index (χ3v) is 5.43. The van der Waals surface area contributed by atoms with Crippen molar-refractivity contribution in [2.24, 2.45) is 5.92 Å². The molecule has 1 saturated heterocycles. The molecule has 2 aliphatic rings. The van der Waals surface area contributed by atoms with Crippen LogP contribution in [-0.4, -0.2) is 38.2 Å². The molecule has 2 fully saturated rings. The van der Waals surface area contributed by atoms with Crippen LogP contribution in [0.2, 0.25) is 0 Å². The summed E-state index contributed by atoms with van der Waals surface area (Å²) in [7, 11) is 1.12. The van der Waals surface area contributed by atoms with Gasteiger partial charge in [-0.15, -0.1) is 0 Å². The number of hydrogen-bond donors (Lipinski definition) is 1. The predicted molar refractivity (Wildman–Crippen MR) is 87.5 cm³/mol. The molecule has 1 heterocycles. The van der Waals surface area contributed by atoms with E-state index in [2.05, 4.69) is 5.32 Å². The van der Waals surface area contributed by atoms with E-state index in [-0.39, 0.29) is 23.3 Å². The van der Waals surface area contributed by atoms with E-state index in [0.29, 0.717) is 32.2 Å². The van der Waals surface area contributed by atoms with E-state index in [4.69, 9.17) is 4.74 Å². The number of rotatable bonds is 4. The smallest absolute Gasteiger partial charge is 0.416 e. The quantitative estimate of drug-likeness (QED) is 0.760. The van der Waals surface area contributed by atoms with Gasteiger partial charge in [-0.25, -0.2) is 0 Å². The van der Waals surface area contributed by atoms with Gasteiger partial charge in [0.1, 0.15) is 5.75 Å². The van der Waals surface area contributed by atoms with Gasteiger partial charge in [-0.05, 0) is 30.9 Å². The summed E-state index contributed by atoms with van der Waals surface area (Å²) in [6.07, 6.45) is -7.35. The summed E-state index contributed by atoms with van der Waals surface area (Å²) in [5, 5.41) is 3.15. The van der Waals surface area contributed by atoms with Crippen molar-refractivity contribution in [1.82, 2.24) is 10.2 Å². The second-order valence-electron chi connectivity index (χ2n) is 7.06. The van der Waals surface area contributed by atoms with Crippen molar-refractivity contribution in [3.63, 3.8) is 0 Å². The van der Waals surface area contributed by atoms with Crippen LogP contribution in [0.3, 0.4) is 0 Å². The first-order valence-electron chi connectivity index (χ1n) is 8.94. The maximum Gasteiger partial charge on any atom is 0.416 e. The zero-order valence-electron chi connectivity index (χ0n) is 14.9. The summed E-state index contributed by atoms with van der Waals surface area (Å²) < 4.78 is 85.9. The fourth-order valence-corrected chi connectivity index (χ4v) is 3.93. The van der Waals surface area contributed by atoms with Gasteiger partial charge in [0, 0.05) is 37.8 Å². The molecular weight excluding hydrogens is 374 g/mol. The lowest BCUT2D eigenvalue weighted by Crippen LogP contribution is -2.48. The Balaban J connectivity index is 2.17. The molecule has 1 aromatic carbocycles. The van der Waals surface area contributed by atoms with Crippen LogP contribution < -0.4 is 10.1 Å². The summed E-state index contributed by atoms with van der Waals surface area (Å²) in [5.41, 5.74) is -2.75. The fraction of sp³-hybridized carbons (Fsp3) is 0.667. The Morgan fingerprint density at radius 3 is 2.11 bits per heavy atom. The molecule has 1 saturated carbocycles. The highest BCUT2D eigenvalue weighted by atomic mass is 19.4. The highest BCUT2D eigenvalue weighted by Gasteiger charge is 2.45. The Hall–Kier alpha value is -1.48. The fourth-order valence-electron chi connectivity index (χ4n) is 3.93. The molecule has 9 heteroatoms. The summed E-state index contributed by atoms with van der Waals surface area (Å²) in [6, 6.07) is 0.319. The molecule has 0 radical (unpaired) electrons. The molecule has 3 rings (SSSR count). The number of piperazine rings is 1. The molecule has 1 atom stereocenters. The van der Waals surface area contributed by atoms with Crippen LogP contribution in [0.15, 0.2) is 12.1 Å². The SMILES string of the molecule is COc1cc(C(F)(F)F)cc(C(F)(F)F)c1[C@@H](C1CCC1)N1CCNCC1. The van der Waals surface area contributed by atoms with Crippen LogP contribution in [0.5, 0.6) is 5.75 Å². The van der Waals surface area contributed by atoms with E-state index in [1.807, 2.05) is 4.90 Å². The number of benzene rings is 1. The van der Waals surface area contributed by atoms with Gasteiger partial charge in [0.05, 0.1) is 18.2 Å². The third kappa shape index (κ3) is 4.18.